The number of hydrogen-bond donors (Lipinski definition) is 1. The van der Waals surface area contributed by atoms with E-state index in [0.29, 0.717) is 0 Å². The first-order chi connectivity index (χ1) is 10.1. The molecule has 0 bridgehead atoms. The smallest absolute Gasteiger partial charge is 0.324 e. The summed E-state index contributed by atoms with van der Waals surface area (Å²) in [6.07, 6.45) is -16.4. The van der Waals surface area contributed by atoms with E-state index in [1.54, 1.807) is 0 Å². The third-order valence-corrected chi connectivity index (χ3v) is 3.19. The molecule has 1 aromatic rings. The van der Waals surface area contributed by atoms with Crippen molar-refractivity contribution < 1.29 is 39.5 Å². The predicted molar refractivity (Wildman–Crippen MR) is 63.2 cm³/mol. The molecule has 0 saturated carbocycles. The molecular formula is C13H12F9N. The van der Waals surface area contributed by atoms with Crippen molar-refractivity contribution in [3.63, 3.8) is 0 Å². The first-order valence-corrected chi connectivity index (χ1v) is 6.22. The van der Waals surface area contributed by atoms with E-state index in [1.807, 2.05) is 0 Å². The second-order valence-electron chi connectivity index (χ2n) is 5.21. The standard InChI is InChI=1S/C13H12F9N/c1-5(2)10(23)8-6(11(14,15)16)3-4-7(12(17,18)19)9(8)13(20,21)22/h3-5,10H,23H2,1-2H3. The molecule has 0 spiro atoms. The molecule has 0 fully saturated rings. The molecular weight excluding hydrogens is 341 g/mol. The number of rotatable bonds is 2. The first-order valence-electron chi connectivity index (χ1n) is 6.22. The third-order valence-electron chi connectivity index (χ3n) is 3.19. The Bertz CT molecular complexity index is 567. The van der Waals surface area contributed by atoms with E-state index in [4.69, 9.17) is 5.73 Å². The highest BCUT2D eigenvalue weighted by molar-refractivity contribution is 5.47. The van der Waals surface area contributed by atoms with E-state index in [1.165, 1.54) is 13.8 Å². The lowest BCUT2D eigenvalue weighted by Gasteiger charge is -2.27. The normalized spacial score (nSPS) is 15.2. The lowest BCUT2D eigenvalue weighted by atomic mass is 9.85. The molecule has 0 heterocycles. The molecule has 1 unspecified atom stereocenters. The number of halogens is 9. The number of nitrogens with two attached hydrogens (primary N) is 1. The maximum atomic E-state index is 13.1. The van der Waals surface area contributed by atoms with Crippen molar-refractivity contribution >= 4 is 0 Å². The lowest BCUT2D eigenvalue weighted by molar-refractivity contribution is -0.164. The quantitative estimate of drug-likeness (QED) is 0.708. The molecule has 0 aliphatic carbocycles. The molecule has 1 atom stereocenters. The summed E-state index contributed by atoms with van der Waals surface area (Å²) < 4.78 is 117. The van der Waals surface area contributed by atoms with Crippen LogP contribution >= 0.6 is 0 Å². The fourth-order valence-electron chi connectivity index (χ4n) is 2.09. The highest BCUT2D eigenvalue weighted by Crippen LogP contribution is 2.48. The van der Waals surface area contributed by atoms with Crippen molar-refractivity contribution in [3.8, 4) is 0 Å². The summed E-state index contributed by atoms with van der Waals surface area (Å²) in [5.74, 6) is -0.944. The Morgan fingerprint density at radius 2 is 1.13 bits per heavy atom. The van der Waals surface area contributed by atoms with Crippen molar-refractivity contribution in [1.29, 1.82) is 0 Å². The van der Waals surface area contributed by atoms with Crippen LogP contribution in [0.15, 0.2) is 12.1 Å². The maximum Gasteiger partial charge on any atom is 0.417 e. The van der Waals surface area contributed by atoms with Gasteiger partial charge in [0.1, 0.15) is 0 Å². The molecule has 1 nitrogen and oxygen atoms in total. The highest BCUT2D eigenvalue weighted by atomic mass is 19.4. The van der Waals surface area contributed by atoms with Crippen LogP contribution in [0.4, 0.5) is 39.5 Å². The Morgan fingerprint density at radius 3 is 1.43 bits per heavy atom. The van der Waals surface area contributed by atoms with Crippen LogP contribution in [0, 0.1) is 5.92 Å². The topological polar surface area (TPSA) is 26.0 Å². The van der Waals surface area contributed by atoms with Crippen molar-refractivity contribution in [1.82, 2.24) is 0 Å². The second kappa shape index (κ2) is 5.88. The fraction of sp³-hybridized carbons (Fsp3) is 0.538. The molecule has 1 rings (SSSR count). The Balaban J connectivity index is 3.96. The van der Waals surface area contributed by atoms with Gasteiger partial charge >= 0.3 is 18.5 Å². The van der Waals surface area contributed by atoms with Gasteiger partial charge in [0.05, 0.1) is 16.7 Å². The van der Waals surface area contributed by atoms with E-state index >= 15 is 0 Å². The maximum absolute atomic E-state index is 13.1. The summed E-state index contributed by atoms with van der Waals surface area (Å²) in [5, 5.41) is 0. The van der Waals surface area contributed by atoms with Gasteiger partial charge < -0.3 is 5.73 Å². The summed E-state index contributed by atoms with van der Waals surface area (Å²) >= 11 is 0. The Hall–Kier alpha value is -1.45. The number of hydrogen-bond acceptors (Lipinski definition) is 1. The molecule has 0 saturated heterocycles. The SMILES string of the molecule is CC(C)C(N)c1c(C(F)(F)F)ccc(C(F)(F)F)c1C(F)(F)F. The van der Waals surface area contributed by atoms with Gasteiger partial charge in [-0.1, -0.05) is 13.8 Å². The zero-order chi connectivity index (χ0) is 18.4. The van der Waals surface area contributed by atoms with Crippen molar-refractivity contribution in [3.05, 3.63) is 34.4 Å². The molecule has 2 N–H and O–H groups in total. The lowest BCUT2D eigenvalue weighted by Crippen LogP contribution is -2.29. The summed E-state index contributed by atoms with van der Waals surface area (Å²) in [6, 6.07) is -2.11. The van der Waals surface area contributed by atoms with Crippen molar-refractivity contribution in [2.45, 2.75) is 38.4 Å². The van der Waals surface area contributed by atoms with Crippen LogP contribution in [-0.4, -0.2) is 0 Å². The minimum Gasteiger partial charge on any atom is -0.324 e. The predicted octanol–water partition coefficient (Wildman–Crippen LogP) is 5.40. The van der Waals surface area contributed by atoms with Gasteiger partial charge in [0.2, 0.25) is 0 Å². The molecule has 0 radical (unpaired) electrons. The van der Waals surface area contributed by atoms with Crippen LogP contribution in [0.25, 0.3) is 0 Å². The van der Waals surface area contributed by atoms with Gasteiger partial charge in [-0.15, -0.1) is 0 Å². The Labute approximate surface area is 125 Å². The molecule has 0 aromatic heterocycles. The van der Waals surface area contributed by atoms with Crippen molar-refractivity contribution in [2.75, 3.05) is 0 Å². The number of alkyl halides is 9. The molecule has 0 amide bonds. The average Bonchev–Trinajstić information content (AvgIpc) is 2.32. The summed E-state index contributed by atoms with van der Waals surface area (Å²) in [7, 11) is 0. The number of benzene rings is 1. The largest absolute Gasteiger partial charge is 0.417 e. The van der Waals surface area contributed by atoms with E-state index < -0.39 is 52.7 Å². The van der Waals surface area contributed by atoms with Gasteiger partial charge in [-0.05, 0) is 23.6 Å². The van der Waals surface area contributed by atoms with Gasteiger partial charge in [-0.2, -0.15) is 39.5 Å². The monoisotopic (exact) mass is 353 g/mol. The minimum absolute atomic E-state index is 0.0182. The summed E-state index contributed by atoms with van der Waals surface area (Å²) in [4.78, 5) is 0. The van der Waals surface area contributed by atoms with Crippen LogP contribution in [0.1, 0.15) is 42.1 Å². The molecule has 10 heteroatoms. The van der Waals surface area contributed by atoms with Crippen LogP contribution < -0.4 is 5.73 Å². The molecule has 1 aromatic carbocycles. The molecule has 0 aliphatic heterocycles. The molecule has 23 heavy (non-hydrogen) atoms. The summed E-state index contributed by atoms with van der Waals surface area (Å²) in [5.41, 5.74) is -2.61. The van der Waals surface area contributed by atoms with E-state index in [0.717, 1.165) is 0 Å². The average molecular weight is 353 g/mol. The summed E-state index contributed by atoms with van der Waals surface area (Å²) in [6.45, 7) is 2.43. The third kappa shape index (κ3) is 4.10. The minimum atomic E-state index is -5.64. The Kier molecular flexibility index (Phi) is 5.01. The molecule has 132 valence electrons. The molecule has 0 aliphatic rings. The van der Waals surface area contributed by atoms with Crippen LogP contribution in [0.5, 0.6) is 0 Å². The van der Waals surface area contributed by atoms with Crippen molar-refractivity contribution in [2.24, 2.45) is 11.7 Å². The van der Waals surface area contributed by atoms with Gasteiger partial charge in [0, 0.05) is 6.04 Å². The first kappa shape index (κ1) is 19.6. The van der Waals surface area contributed by atoms with E-state index in [2.05, 4.69) is 0 Å². The zero-order valence-corrected chi connectivity index (χ0v) is 11.8. The zero-order valence-electron chi connectivity index (χ0n) is 11.8. The van der Waals surface area contributed by atoms with E-state index in [-0.39, 0.29) is 12.1 Å². The van der Waals surface area contributed by atoms with Gasteiger partial charge in [-0.25, -0.2) is 0 Å². The Morgan fingerprint density at radius 1 is 0.739 bits per heavy atom. The highest BCUT2D eigenvalue weighted by Gasteiger charge is 2.49. The second-order valence-corrected chi connectivity index (χ2v) is 5.21. The van der Waals surface area contributed by atoms with E-state index in [9.17, 15) is 39.5 Å². The van der Waals surface area contributed by atoms with Gasteiger partial charge in [-0.3, -0.25) is 0 Å². The van der Waals surface area contributed by atoms with Gasteiger partial charge in [0.15, 0.2) is 0 Å². The van der Waals surface area contributed by atoms with Crippen LogP contribution in [-0.2, 0) is 18.5 Å². The fourth-order valence-corrected chi connectivity index (χ4v) is 2.09. The van der Waals surface area contributed by atoms with Gasteiger partial charge in [0.25, 0.3) is 0 Å². The van der Waals surface area contributed by atoms with Crippen LogP contribution in [0.3, 0.4) is 0 Å². The van der Waals surface area contributed by atoms with Crippen LogP contribution in [0.2, 0.25) is 0 Å².